The van der Waals surface area contributed by atoms with Crippen molar-refractivity contribution in [2.75, 3.05) is 0 Å². The molecule has 0 unspecified atom stereocenters. The molecule has 1 aromatic heterocycles. The first-order chi connectivity index (χ1) is 9.65. The summed E-state index contributed by atoms with van der Waals surface area (Å²) in [5, 5.41) is 5.51. The SMILES string of the molecule is Clc1ccc(Cl)c(-c2nc(-c3ccccc3Cl)no2)c1. The number of rotatable bonds is 2. The first kappa shape index (κ1) is 13.4. The van der Waals surface area contributed by atoms with Gasteiger partial charge in [0.25, 0.3) is 5.89 Å². The van der Waals surface area contributed by atoms with Gasteiger partial charge in [-0.15, -0.1) is 0 Å². The van der Waals surface area contributed by atoms with E-state index in [-0.39, 0.29) is 0 Å². The average molecular weight is 326 g/mol. The molecule has 0 amide bonds. The molecule has 0 aliphatic heterocycles. The van der Waals surface area contributed by atoms with Gasteiger partial charge in [-0.05, 0) is 30.3 Å². The molecule has 3 aromatic rings. The van der Waals surface area contributed by atoms with Gasteiger partial charge < -0.3 is 4.52 Å². The van der Waals surface area contributed by atoms with Crippen LogP contribution in [0.15, 0.2) is 47.0 Å². The highest BCUT2D eigenvalue weighted by Gasteiger charge is 2.15. The van der Waals surface area contributed by atoms with Crippen LogP contribution in [0.4, 0.5) is 0 Å². The van der Waals surface area contributed by atoms with Crippen molar-refractivity contribution in [3.8, 4) is 22.8 Å². The summed E-state index contributed by atoms with van der Waals surface area (Å²) < 4.78 is 5.23. The van der Waals surface area contributed by atoms with Crippen molar-refractivity contribution in [1.29, 1.82) is 0 Å². The maximum atomic E-state index is 6.10. The predicted octanol–water partition coefficient (Wildman–Crippen LogP) is 5.36. The summed E-state index contributed by atoms with van der Waals surface area (Å²) in [5.74, 6) is 0.703. The normalized spacial score (nSPS) is 10.8. The van der Waals surface area contributed by atoms with E-state index in [4.69, 9.17) is 39.3 Å². The fourth-order valence-corrected chi connectivity index (χ4v) is 2.34. The van der Waals surface area contributed by atoms with Gasteiger partial charge in [0.15, 0.2) is 0 Å². The summed E-state index contributed by atoms with van der Waals surface area (Å²) in [7, 11) is 0. The minimum Gasteiger partial charge on any atom is -0.334 e. The molecule has 100 valence electrons. The van der Waals surface area contributed by atoms with Gasteiger partial charge >= 0.3 is 0 Å². The summed E-state index contributed by atoms with van der Waals surface area (Å²) in [6, 6.07) is 12.3. The highest BCUT2D eigenvalue weighted by Crippen LogP contribution is 2.32. The molecule has 2 aromatic carbocycles. The van der Waals surface area contributed by atoms with Gasteiger partial charge in [-0.3, -0.25) is 0 Å². The van der Waals surface area contributed by atoms with Crippen LogP contribution in [-0.4, -0.2) is 10.1 Å². The first-order valence-electron chi connectivity index (χ1n) is 5.69. The summed E-state index contributed by atoms with van der Waals surface area (Å²) >= 11 is 18.2. The zero-order chi connectivity index (χ0) is 14.1. The van der Waals surface area contributed by atoms with Crippen molar-refractivity contribution >= 4 is 34.8 Å². The molecule has 1 heterocycles. The van der Waals surface area contributed by atoms with Crippen LogP contribution in [-0.2, 0) is 0 Å². The van der Waals surface area contributed by atoms with Crippen molar-refractivity contribution in [1.82, 2.24) is 10.1 Å². The van der Waals surface area contributed by atoms with Crippen molar-refractivity contribution in [2.45, 2.75) is 0 Å². The predicted molar refractivity (Wildman–Crippen MR) is 80.2 cm³/mol. The van der Waals surface area contributed by atoms with Crippen LogP contribution in [0.1, 0.15) is 0 Å². The zero-order valence-corrected chi connectivity index (χ0v) is 12.2. The second-order valence-corrected chi connectivity index (χ2v) is 5.28. The average Bonchev–Trinajstić information content (AvgIpc) is 2.91. The molecule has 0 aliphatic carbocycles. The van der Waals surface area contributed by atoms with E-state index in [2.05, 4.69) is 10.1 Å². The zero-order valence-electron chi connectivity index (χ0n) is 9.98. The van der Waals surface area contributed by atoms with Crippen molar-refractivity contribution < 1.29 is 4.52 Å². The van der Waals surface area contributed by atoms with Crippen LogP contribution < -0.4 is 0 Å². The molecule has 0 radical (unpaired) electrons. The Morgan fingerprint density at radius 2 is 1.60 bits per heavy atom. The Morgan fingerprint density at radius 1 is 0.850 bits per heavy atom. The summed E-state index contributed by atoms with van der Waals surface area (Å²) in [5.41, 5.74) is 1.28. The van der Waals surface area contributed by atoms with Gasteiger partial charge in [0.2, 0.25) is 5.82 Å². The summed E-state index contributed by atoms with van der Waals surface area (Å²) in [6.45, 7) is 0. The quantitative estimate of drug-likeness (QED) is 0.636. The Labute approximate surface area is 130 Å². The molecule has 0 aliphatic rings. The van der Waals surface area contributed by atoms with E-state index < -0.39 is 0 Å². The van der Waals surface area contributed by atoms with E-state index in [1.165, 1.54) is 0 Å². The molecular formula is C14H7Cl3N2O. The lowest BCUT2D eigenvalue weighted by Crippen LogP contribution is -1.83. The first-order valence-corrected chi connectivity index (χ1v) is 6.82. The fraction of sp³-hybridized carbons (Fsp3) is 0. The molecular weight excluding hydrogens is 319 g/mol. The van der Waals surface area contributed by atoms with E-state index in [0.717, 1.165) is 0 Å². The second kappa shape index (κ2) is 5.44. The van der Waals surface area contributed by atoms with Crippen LogP contribution in [0.5, 0.6) is 0 Å². The molecule has 0 fully saturated rings. The number of nitrogens with zero attached hydrogens (tertiary/aromatic N) is 2. The Morgan fingerprint density at radius 3 is 2.40 bits per heavy atom. The van der Waals surface area contributed by atoms with Crippen molar-refractivity contribution in [2.24, 2.45) is 0 Å². The van der Waals surface area contributed by atoms with Crippen LogP contribution in [0.2, 0.25) is 15.1 Å². The molecule has 3 nitrogen and oxygen atoms in total. The Hall–Kier alpha value is -1.55. The van der Waals surface area contributed by atoms with E-state index in [0.29, 0.717) is 37.9 Å². The standard InChI is InChI=1S/C14H7Cl3N2O/c15-8-5-6-12(17)10(7-8)14-18-13(19-20-14)9-3-1-2-4-11(9)16/h1-7H. The fourth-order valence-electron chi connectivity index (χ4n) is 1.75. The monoisotopic (exact) mass is 324 g/mol. The molecule has 0 atom stereocenters. The van der Waals surface area contributed by atoms with Gasteiger partial charge in [-0.25, -0.2) is 0 Å². The van der Waals surface area contributed by atoms with Crippen LogP contribution in [0.25, 0.3) is 22.8 Å². The van der Waals surface area contributed by atoms with E-state index in [1.807, 2.05) is 18.2 Å². The largest absolute Gasteiger partial charge is 0.334 e. The third-order valence-electron chi connectivity index (χ3n) is 2.70. The van der Waals surface area contributed by atoms with Crippen molar-refractivity contribution in [3.63, 3.8) is 0 Å². The summed E-state index contributed by atoms with van der Waals surface area (Å²) in [6.07, 6.45) is 0. The maximum Gasteiger partial charge on any atom is 0.259 e. The second-order valence-electron chi connectivity index (χ2n) is 4.03. The van der Waals surface area contributed by atoms with Gasteiger partial charge in [-0.1, -0.05) is 52.1 Å². The summed E-state index contributed by atoms with van der Waals surface area (Å²) in [4.78, 5) is 4.31. The molecule has 0 saturated heterocycles. The molecule has 0 saturated carbocycles. The van der Waals surface area contributed by atoms with Gasteiger partial charge in [0, 0.05) is 10.6 Å². The maximum absolute atomic E-state index is 6.10. The highest BCUT2D eigenvalue weighted by atomic mass is 35.5. The third-order valence-corrected chi connectivity index (χ3v) is 3.59. The van der Waals surface area contributed by atoms with Gasteiger partial charge in [0.05, 0.1) is 15.6 Å². The number of hydrogen-bond donors (Lipinski definition) is 0. The lowest BCUT2D eigenvalue weighted by Gasteiger charge is -1.99. The Bertz CT molecular complexity index is 771. The smallest absolute Gasteiger partial charge is 0.259 e. The van der Waals surface area contributed by atoms with Gasteiger partial charge in [-0.2, -0.15) is 4.98 Å². The Balaban J connectivity index is 2.07. The molecule has 6 heteroatoms. The lowest BCUT2D eigenvalue weighted by molar-refractivity contribution is 0.432. The van der Waals surface area contributed by atoms with E-state index in [9.17, 15) is 0 Å². The number of aromatic nitrogens is 2. The third kappa shape index (κ3) is 2.52. The van der Waals surface area contributed by atoms with E-state index >= 15 is 0 Å². The Kier molecular flexibility index (Phi) is 3.66. The molecule has 20 heavy (non-hydrogen) atoms. The van der Waals surface area contributed by atoms with Crippen molar-refractivity contribution in [3.05, 3.63) is 57.5 Å². The molecule has 3 rings (SSSR count). The minimum atomic E-state index is 0.299. The number of hydrogen-bond acceptors (Lipinski definition) is 3. The van der Waals surface area contributed by atoms with Crippen LogP contribution >= 0.6 is 34.8 Å². The number of benzene rings is 2. The van der Waals surface area contributed by atoms with Crippen LogP contribution in [0.3, 0.4) is 0 Å². The lowest BCUT2D eigenvalue weighted by atomic mass is 10.2. The van der Waals surface area contributed by atoms with Crippen LogP contribution in [0, 0.1) is 0 Å². The topological polar surface area (TPSA) is 38.9 Å². The van der Waals surface area contributed by atoms with E-state index in [1.54, 1.807) is 24.3 Å². The van der Waals surface area contributed by atoms with Gasteiger partial charge in [0.1, 0.15) is 0 Å². The highest BCUT2D eigenvalue weighted by molar-refractivity contribution is 6.35. The molecule has 0 spiro atoms. The molecule has 0 N–H and O–H groups in total. The molecule has 0 bridgehead atoms. The minimum absolute atomic E-state index is 0.299. The number of halogens is 3.